The molecule has 2 saturated heterocycles. The minimum atomic E-state index is 0. The molecular formula is C20H41IN4O2. The largest absolute Gasteiger partial charge is 0.381 e. The lowest BCUT2D eigenvalue weighted by molar-refractivity contribution is 0.0203. The Morgan fingerprint density at radius 3 is 2.59 bits per heavy atom. The number of hydrogen-bond acceptors (Lipinski definition) is 4. The summed E-state index contributed by atoms with van der Waals surface area (Å²) in [5, 5.41) is 6.80. The van der Waals surface area contributed by atoms with Crippen molar-refractivity contribution in [2.75, 3.05) is 66.2 Å². The van der Waals surface area contributed by atoms with Crippen LogP contribution in [0.1, 0.15) is 45.4 Å². The third-order valence-corrected chi connectivity index (χ3v) is 5.36. The average molecular weight is 496 g/mol. The molecule has 0 aromatic heterocycles. The summed E-state index contributed by atoms with van der Waals surface area (Å²) in [6.45, 7) is 11.5. The summed E-state index contributed by atoms with van der Waals surface area (Å²) in [4.78, 5) is 6.90. The van der Waals surface area contributed by atoms with E-state index >= 15 is 0 Å². The van der Waals surface area contributed by atoms with Gasteiger partial charge in [0.1, 0.15) is 0 Å². The van der Waals surface area contributed by atoms with Gasteiger partial charge in [-0.3, -0.25) is 4.99 Å². The third kappa shape index (κ3) is 11.5. The Hall–Kier alpha value is -0.120. The summed E-state index contributed by atoms with van der Waals surface area (Å²) in [7, 11) is 1.84. The molecule has 160 valence electrons. The maximum atomic E-state index is 5.80. The lowest BCUT2D eigenvalue weighted by Gasteiger charge is -2.30. The molecule has 0 saturated carbocycles. The third-order valence-electron chi connectivity index (χ3n) is 5.36. The van der Waals surface area contributed by atoms with E-state index in [0.29, 0.717) is 5.92 Å². The van der Waals surface area contributed by atoms with Crippen LogP contribution >= 0.6 is 24.0 Å². The molecule has 2 N–H and O–H groups in total. The van der Waals surface area contributed by atoms with Crippen LogP contribution in [0, 0.1) is 11.8 Å². The molecule has 0 aromatic carbocycles. The molecule has 2 fully saturated rings. The zero-order valence-electron chi connectivity index (χ0n) is 17.4. The first-order chi connectivity index (χ1) is 12.8. The van der Waals surface area contributed by atoms with E-state index in [1.54, 1.807) is 0 Å². The molecular weight excluding hydrogens is 455 g/mol. The monoisotopic (exact) mass is 496 g/mol. The summed E-state index contributed by atoms with van der Waals surface area (Å²) in [5.74, 6) is 2.45. The Balaban J connectivity index is 0.00000364. The number of rotatable bonds is 10. The first-order valence-electron chi connectivity index (χ1n) is 10.6. The van der Waals surface area contributed by atoms with Gasteiger partial charge in [0.05, 0.1) is 0 Å². The molecule has 0 aliphatic carbocycles. The molecule has 1 atom stereocenters. The quantitative estimate of drug-likeness (QED) is 0.211. The van der Waals surface area contributed by atoms with Crippen LogP contribution < -0.4 is 10.6 Å². The maximum absolute atomic E-state index is 5.80. The number of piperidine rings is 1. The Morgan fingerprint density at radius 1 is 1.15 bits per heavy atom. The number of halogens is 1. The van der Waals surface area contributed by atoms with Crippen LogP contribution in [0.4, 0.5) is 0 Å². The van der Waals surface area contributed by atoms with E-state index in [9.17, 15) is 0 Å². The van der Waals surface area contributed by atoms with Crippen LogP contribution in [-0.4, -0.2) is 77.1 Å². The molecule has 0 spiro atoms. The number of hydrogen-bond donors (Lipinski definition) is 2. The molecule has 0 amide bonds. The fraction of sp³-hybridized carbons (Fsp3) is 0.950. The number of likely N-dealkylation sites (tertiary alicyclic amines) is 1. The molecule has 1 unspecified atom stereocenters. The van der Waals surface area contributed by atoms with Gasteiger partial charge in [-0.2, -0.15) is 0 Å². The molecule has 2 aliphatic rings. The van der Waals surface area contributed by atoms with E-state index in [1.165, 1.54) is 38.9 Å². The van der Waals surface area contributed by atoms with Gasteiger partial charge < -0.3 is 25.0 Å². The van der Waals surface area contributed by atoms with Crippen molar-refractivity contribution in [2.24, 2.45) is 16.8 Å². The summed E-state index contributed by atoms with van der Waals surface area (Å²) in [5.41, 5.74) is 0. The van der Waals surface area contributed by atoms with Crippen LogP contribution in [-0.2, 0) is 9.47 Å². The Kier molecular flexibility index (Phi) is 14.5. The highest BCUT2D eigenvalue weighted by molar-refractivity contribution is 14.0. The van der Waals surface area contributed by atoms with Gasteiger partial charge in [0.15, 0.2) is 5.96 Å². The Bertz CT molecular complexity index is 392. The topological polar surface area (TPSA) is 58.1 Å². The van der Waals surface area contributed by atoms with Crippen molar-refractivity contribution in [1.29, 1.82) is 0 Å². The zero-order valence-corrected chi connectivity index (χ0v) is 19.7. The smallest absolute Gasteiger partial charge is 0.190 e. The SMILES string of the molecule is CN=C(NCCCOCC1CCOCC1)NCCCN1CCCC(C)C1.I. The molecule has 6 nitrogen and oxygen atoms in total. The highest BCUT2D eigenvalue weighted by Gasteiger charge is 2.15. The normalized spacial score (nSPS) is 22.3. The number of nitrogens with zero attached hydrogens (tertiary/aromatic N) is 2. The van der Waals surface area contributed by atoms with Gasteiger partial charge in [0.25, 0.3) is 0 Å². The molecule has 0 bridgehead atoms. The standard InChI is InChI=1S/C20H40N4O2.HI/c1-18-6-3-11-24(16-18)12-4-9-22-20(21-2)23-10-5-13-26-17-19-7-14-25-15-8-19;/h18-19H,3-17H2,1-2H3,(H2,21,22,23);1H. The van der Waals surface area contributed by atoms with Crippen molar-refractivity contribution >= 4 is 29.9 Å². The van der Waals surface area contributed by atoms with E-state index in [-0.39, 0.29) is 24.0 Å². The molecule has 2 rings (SSSR count). The van der Waals surface area contributed by atoms with Crippen molar-refractivity contribution in [2.45, 2.75) is 45.4 Å². The molecule has 7 heteroatoms. The summed E-state index contributed by atoms with van der Waals surface area (Å²) < 4.78 is 11.2. The van der Waals surface area contributed by atoms with Crippen LogP contribution in [0.5, 0.6) is 0 Å². The van der Waals surface area contributed by atoms with Crippen molar-refractivity contribution in [3.05, 3.63) is 0 Å². The van der Waals surface area contributed by atoms with Crippen LogP contribution in [0.15, 0.2) is 4.99 Å². The molecule has 27 heavy (non-hydrogen) atoms. The highest BCUT2D eigenvalue weighted by Crippen LogP contribution is 2.15. The van der Waals surface area contributed by atoms with Gasteiger partial charge in [-0.1, -0.05) is 6.92 Å². The predicted octanol–water partition coefficient (Wildman–Crippen LogP) is 2.72. The molecule has 2 aliphatic heterocycles. The number of nitrogens with one attached hydrogen (secondary N) is 2. The first kappa shape index (κ1) is 24.9. The number of guanidine groups is 1. The fourth-order valence-corrected chi connectivity index (χ4v) is 3.76. The average Bonchev–Trinajstić information content (AvgIpc) is 2.67. The molecule has 0 aromatic rings. The van der Waals surface area contributed by atoms with Gasteiger partial charge in [0, 0.05) is 53.1 Å². The van der Waals surface area contributed by atoms with Gasteiger partial charge in [-0.05, 0) is 63.5 Å². The Labute approximate surface area is 183 Å². The van der Waals surface area contributed by atoms with Crippen molar-refractivity contribution in [3.63, 3.8) is 0 Å². The minimum absolute atomic E-state index is 0. The zero-order chi connectivity index (χ0) is 18.5. The second kappa shape index (κ2) is 15.8. The van der Waals surface area contributed by atoms with E-state index in [1.807, 2.05) is 7.05 Å². The van der Waals surface area contributed by atoms with Gasteiger partial charge >= 0.3 is 0 Å². The van der Waals surface area contributed by atoms with Crippen molar-refractivity contribution in [3.8, 4) is 0 Å². The Morgan fingerprint density at radius 2 is 1.89 bits per heavy atom. The van der Waals surface area contributed by atoms with Crippen LogP contribution in [0.3, 0.4) is 0 Å². The van der Waals surface area contributed by atoms with Gasteiger partial charge in [0.2, 0.25) is 0 Å². The van der Waals surface area contributed by atoms with E-state index in [2.05, 4.69) is 27.4 Å². The summed E-state index contributed by atoms with van der Waals surface area (Å²) >= 11 is 0. The predicted molar refractivity (Wildman–Crippen MR) is 123 cm³/mol. The maximum Gasteiger partial charge on any atom is 0.190 e. The van der Waals surface area contributed by atoms with E-state index < -0.39 is 0 Å². The first-order valence-corrected chi connectivity index (χ1v) is 10.6. The van der Waals surface area contributed by atoms with Crippen molar-refractivity contribution < 1.29 is 9.47 Å². The van der Waals surface area contributed by atoms with Crippen molar-refractivity contribution in [1.82, 2.24) is 15.5 Å². The van der Waals surface area contributed by atoms with Crippen LogP contribution in [0.25, 0.3) is 0 Å². The summed E-state index contributed by atoms with van der Waals surface area (Å²) in [6.07, 6.45) is 7.21. The number of aliphatic imine (C=N–C) groups is 1. The van der Waals surface area contributed by atoms with Gasteiger partial charge in [-0.25, -0.2) is 0 Å². The second-order valence-corrected chi connectivity index (χ2v) is 7.81. The molecule has 2 heterocycles. The van der Waals surface area contributed by atoms with E-state index in [4.69, 9.17) is 9.47 Å². The van der Waals surface area contributed by atoms with Crippen LogP contribution in [0.2, 0.25) is 0 Å². The molecule has 0 radical (unpaired) electrons. The lowest BCUT2D eigenvalue weighted by Crippen LogP contribution is -2.40. The summed E-state index contributed by atoms with van der Waals surface area (Å²) in [6, 6.07) is 0. The van der Waals surface area contributed by atoms with E-state index in [0.717, 1.165) is 70.7 Å². The minimum Gasteiger partial charge on any atom is -0.381 e. The highest BCUT2D eigenvalue weighted by atomic mass is 127. The number of ether oxygens (including phenoxy) is 2. The lowest BCUT2D eigenvalue weighted by atomic mass is 10.0. The second-order valence-electron chi connectivity index (χ2n) is 7.81. The van der Waals surface area contributed by atoms with Gasteiger partial charge in [-0.15, -0.1) is 24.0 Å². The fourth-order valence-electron chi connectivity index (χ4n) is 3.76.